The van der Waals surface area contributed by atoms with Crippen molar-refractivity contribution in [2.45, 2.75) is 25.4 Å². The van der Waals surface area contributed by atoms with Crippen molar-refractivity contribution < 1.29 is 9.53 Å². The fourth-order valence-electron chi connectivity index (χ4n) is 1.54. The van der Waals surface area contributed by atoms with Crippen molar-refractivity contribution >= 4 is 22.0 Å². The summed E-state index contributed by atoms with van der Waals surface area (Å²) in [7, 11) is 3.40. The van der Waals surface area contributed by atoms with Crippen LogP contribution < -0.4 is 5.32 Å². The second kappa shape index (κ2) is 4.45. The summed E-state index contributed by atoms with van der Waals surface area (Å²) >= 11 is 3.52. The highest BCUT2D eigenvalue weighted by Gasteiger charge is 2.30. The van der Waals surface area contributed by atoms with Crippen LogP contribution in [0.1, 0.15) is 30.1 Å². The molecule has 16 heavy (non-hydrogen) atoms. The van der Waals surface area contributed by atoms with Crippen LogP contribution in [-0.2, 0) is 18.4 Å². The molecular formula is C10H14BrN3O2. The lowest BCUT2D eigenvalue weighted by Crippen LogP contribution is -2.19. The van der Waals surface area contributed by atoms with Gasteiger partial charge in [-0.2, -0.15) is 5.10 Å². The monoisotopic (exact) mass is 287 g/mol. The number of carbonyl (C=O) groups excluding carboxylic acids is 1. The number of carbonyl (C=O) groups is 1. The number of hydrogen-bond acceptors (Lipinski definition) is 3. The lowest BCUT2D eigenvalue weighted by Gasteiger charge is -2.04. The first-order chi connectivity index (χ1) is 7.63. The first kappa shape index (κ1) is 11.4. The van der Waals surface area contributed by atoms with Crippen LogP contribution in [0.4, 0.5) is 4.79 Å². The molecule has 1 heterocycles. The van der Waals surface area contributed by atoms with Crippen molar-refractivity contribution in [3.05, 3.63) is 15.9 Å². The van der Waals surface area contributed by atoms with E-state index in [1.54, 1.807) is 4.68 Å². The van der Waals surface area contributed by atoms with Gasteiger partial charge in [0.2, 0.25) is 0 Å². The van der Waals surface area contributed by atoms with Gasteiger partial charge < -0.3 is 10.1 Å². The van der Waals surface area contributed by atoms with Gasteiger partial charge >= 0.3 is 6.09 Å². The maximum atomic E-state index is 11.0. The summed E-state index contributed by atoms with van der Waals surface area (Å²) in [6.45, 7) is 0.233. The van der Waals surface area contributed by atoms with E-state index in [2.05, 4.69) is 26.3 Å². The van der Waals surface area contributed by atoms with E-state index in [-0.39, 0.29) is 6.61 Å². The van der Waals surface area contributed by atoms with Gasteiger partial charge in [0.1, 0.15) is 6.61 Å². The zero-order valence-electron chi connectivity index (χ0n) is 9.29. The van der Waals surface area contributed by atoms with E-state index in [1.165, 1.54) is 19.9 Å². The van der Waals surface area contributed by atoms with Gasteiger partial charge in [0.25, 0.3) is 0 Å². The van der Waals surface area contributed by atoms with Crippen LogP contribution in [0.25, 0.3) is 0 Å². The molecule has 1 saturated carbocycles. The Hall–Kier alpha value is -1.04. The quantitative estimate of drug-likeness (QED) is 0.924. The first-order valence-corrected chi connectivity index (χ1v) is 5.98. The Morgan fingerprint density at radius 3 is 2.94 bits per heavy atom. The van der Waals surface area contributed by atoms with Gasteiger partial charge in [0.15, 0.2) is 0 Å². The molecule has 5 nitrogen and oxygen atoms in total. The number of rotatable bonds is 3. The topological polar surface area (TPSA) is 56.1 Å². The zero-order chi connectivity index (χ0) is 11.7. The third-order valence-corrected chi connectivity index (χ3v) is 3.50. The molecule has 0 unspecified atom stereocenters. The second-order valence-corrected chi connectivity index (χ2v) is 4.66. The number of ether oxygens (including phenoxy) is 1. The molecule has 1 amide bonds. The Labute approximate surface area is 102 Å². The molecule has 0 aliphatic heterocycles. The molecule has 0 atom stereocenters. The number of nitrogens with zero attached hydrogens (tertiary/aromatic N) is 2. The number of halogens is 1. The number of alkyl carbamates (subject to hydrolysis) is 1. The van der Waals surface area contributed by atoms with Crippen molar-refractivity contribution in [2.75, 3.05) is 7.05 Å². The number of amides is 1. The summed E-state index contributed by atoms with van der Waals surface area (Å²) in [6, 6.07) is 0. The van der Waals surface area contributed by atoms with Gasteiger partial charge in [-0.05, 0) is 28.8 Å². The van der Waals surface area contributed by atoms with Crippen LogP contribution >= 0.6 is 15.9 Å². The molecule has 1 N–H and O–H groups in total. The Bertz CT molecular complexity index is 412. The van der Waals surface area contributed by atoms with E-state index >= 15 is 0 Å². The lowest BCUT2D eigenvalue weighted by molar-refractivity contribution is 0.139. The van der Waals surface area contributed by atoms with Gasteiger partial charge in [-0.3, -0.25) is 4.68 Å². The Kier molecular flexibility index (Phi) is 3.18. The number of aromatic nitrogens is 2. The van der Waals surface area contributed by atoms with E-state index in [0.717, 1.165) is 15.9 Å². The van der Waals surface area contributed by atoms with E-state index in [9.17, 15) is 4.79 Å². The van der Waals surface area contributed by atoms with Crippen LogP contribution in [0.5, 0.6) is 0 Å². The predicted octanol–water partition coefficient (Wildman–Crippen LogP) is 1.92. The maximum Gasteiger partial charge on any atom is 0.407 e. The predicted molar refractivity (Wildman–Crippen MR) is 62.1 cm³/mol. The zero-order valence-corrected chi connectivity index (χ0v) is 10.9. The van der Waals surface area contributed by atoms with Crippen LogP contribution in [0.3, 0.4) is 0 Å². The molecule has 0 bridgehead atoms. The van der Waals surface area contributed by atoms with E-state index in [0.29, 0.717) is 5.92 Å². The van der Waals surface area contributed by atoms with Gasteiger partial charge in [-0.25, -0.2) is 4.79 Å². The minimum atomic E-state index is -0.430. The van der Waals surface area contributed by atoms with Gasteiger partial charge in [-0.15, -0.1) is 0 Å². The molecule has 0 spiro atoms. The largest absolute Gasteiger partial charge is 0.443 e. The standard InChI is InChI=1S/C10H14BrN3O2/c1-12-10(15)16-5-7-8(11)9(6-3-4-6)13-14(7)2/h6H,3-5H2,1-2H3,(H,12,15). The van der Waals surface area contributed by atoms with Gasteiger partial charge in [0, 0.05) is 20.0 Å². The first-order valence-electron chi connectivity index (χ1n) is 5.19. The number of hydrogen-bond donors (Lipinski definition) is 1. The SMILES string of the molecule is CNC(=O)OCc1c(Br)c(C2CC2)nn1C. The molecule has 6 heteroatoms. The lowest BCUT2D eigenvalue weighted by atomic mass is 10.3. The molecule has 1 fully saturated rings. The molecule has 2 rings (SSSR count). The normalized spacial score (nSPS) is 14.9. The fraction of sp³-hybridized carbons (Fsp3) is 0.600. The molecule has 1 aromatic rings. The molecule has 1 aliphatic rings. The summed E-state index contributed by atoms with van der Waals surface area (Å²) in [5.74, 6) is 0.578. The highest BCUT2D eigenvalue weighted by Crippen LogP contribution is 2.43. The highest BCUT2D eigenvalue weighted by atomic mass is 79.9. The third-order valence-electron chi connectivity index (χ3n) is 2.63. The molecule has 0 radical (unpaired) electrons. The molecule has 0 saturated heterocycles. The van der Waals surface area contributed by atoms with Crippen LogP contribution in [0.2, 0.25) is 0 Å². The van der Waals surface area contributed by atoms with E-state index < -0.39 is 6.09 Å². The van der Waals surface area contributed by atoms with E-state index in [1.807, 2.05) is 7.05 Å². The van der Waals surface area contributed by atoms with Crippen LogP contribution in [-0.4, -0.2) is 22.9 Å². The summed E-state index contributed by atoms with van der Waals surface area (Å²) in [5.41, 5.74) is 1.98. The number of nitrogens with one attached hydrogen (secondary N) is 1. The van der Waals surface area contributed by atoms with Gasteiger partial charge in [-0.1, -0.05) is 0 Å². The van der Waals surface area contributed by atoms with Crippen molar-refractivity contribution in [3.8, 4) is 0 Å². The Morgan fingerprint density at radius 1 is 1.69 bits per heavy atom. The average Bonchev–Trinajstić information content (AvgIpc) is 3.05. The summed E-state index contributed by atoms with van der Waals surface area (Å²) in [6.07, 6.45) is 1.97. The van der Waals surface area contributed by atoms with Crippen LogP contribution in [0, 0.1) is 0 Å². The Balaban J connectivity index is 2.10. The molecule has 1 aromatic heterocycles. The maximum absolute atomic E-state index is 11.0. The van der Waals surface area contributed by atoms with Crippen LogP contribution in [0.15, 0.2) is 4.47 Å². The minimum Gasteiger partial charge on any atom is -0.443 e. The number of aryl methyl sites for hydroxylation is 1. The molecule has 1 aliphatic carbocycles. The molecule has 88 valence electrons. The van der Waals surface area contributed by atoms with Gasteiger partial charge in [0.05, 0.1) is 15.9 Å². The summed E-state index contributed by atoms with van der Waals surface area (Å²) in [4.78, 5) is 11.0. The van der Waals surface area contributed by atoms with E-state index in [4.69, 9.17) is 4.74 Å². The summed E-state index contributed by atoms with van der Waals surface area (Å²) < 4.78 is 7.75. The van der Waals surface area contributed by atoms with Crippen molar-refractivity contribution in [1.82, 2.24) is 15.1 Å². The highest BCUT2D eigenvalue weighted by molar-refractivity contribution is 9.10. The minimum absolute atomic E-state index is 0.233. The Morgan fingerprint density at radius 2 is 2.38 bits per heavy atom. The van der Waals surface area contributed by atoms with Crippen molar-refractivity contribution in [2.24, 2.45) is 7.05 Å². The fourth-order valence-corrected chi connectivity index (χ4v) is 2.31. The third kappa shape index (κ3) is 2.21. The van der Waals surface area contributed by atoms with Crippen molar-refractivity contribution in [3.63, 3.8) is 0 Å². The second-order valence-electron chi connectivity index (χ2n) is 3.87. The average molecular weight is 288 g/mol. The smallest absolute Gasteiger partial charge is 0.407 e. The molecular weight excluding hydrogens is 274 g/mol. The molecule has 0 aromatic carbocycles. The summed E-state index contributed by atoms with van der Waals surface area (Å²) in [5, 5.41) is 6.84. The van der Waals surface area contributed by atoms with Crippen molar-refractivity contribution in [1.29, 1.82) is 0 Å².